The van der Waals surface area contributed by atoms with E-state index < -0.39 is 4.75 Å². The maximum Gasteiger partial charge on any atom is 0.241 e. The second kappa shape index (κ2) is 5.12. The molecule has 0 bridgehead atoms. The topological polar surface area (TPSA) is 92.7 Å². The van der Waals surface area contributed by atoms with Crippen molar-refractivity contribution in [2.75, 3.05) is 10.6 Å². The van der Waals surface area contributed by atoms with Crippen LogP contribution in [0.3, 0.4) is 0 Å². The lowest BCUT2D eigenvalue weighted by atomic mass is 10.2. The minimum atomic E-state index is -0.509. The van der Waals surface area contributed by atoms with Crippen LogP contribution in [0.15, 0.2) is 23.4 Å². The Balaban J connectivity index is 1.87. The SMILES string of the molecule is CC1(C)Sc2ccc(Nc3ncnc(Cl)n3)nc2NC1=O. The van der Waals surface area contributed by atoms with E-state index in [4.69, 9.17) is 11.6 Å². The largest absolute Gasteiger partial charge is 0.309 e. The number of hydrogen-bond acceptors (Lipinski definition) is 7. The van der Waals surface area contributed by atoms with E-state index >= 15 is 0 Å². The summed E-state index contributed by atoms with van der Waals surface area (Å²) in [5.41, 5.74) is 0. The third-order valence-electron chi connectivity index (χ3n) is 2.78. The number of fused-ring (bicyclic) bond motifs is 1. The standard InChI is InChI=1S/C12H11ClN6OS/c1-12(2)9(20)18-8-6(21-12)3-4-7(16-8)17-11-15-5-14-10(13)19-11/h3-5H,1-2H3,(H2,14,15,16,17,18,19,20). The van der Waals surface area contributed by atoms with Gasteiger partial charge < -0.3 is 10.6 Å². The van der Waals surface area contributed by atoms with Crippen molar-refractivity contribution in [3.8, 4) is 0 Å². The van der Waals surface area contributed by atoms with Crippen LogP contribution in [0.25, 0.3) is 0 Å². The first-order valence-electron chi connectivity index (χ1n) is 6.07. The van der Waals surface area contributed by atoms with Gasteiger partial charge in [0.1, 0.15) is 18.0 Å². The third kappa shape index (κ3) is 2.91. The monoisotopic (exact) mass is 322 g/mol. The molecule has 0 aliphatic carbocycles. The summed E-state index contributed by atoms with van der Waals surface area (Å²) in [7, 11) is 0. The number of nitrogens with one attached hydrogen (secondary N) is 2. The van der Waals surface area contributed by atoms with Gasteiger partial charge in [-0.25, -0.2) is 15.0 Å². The molecule has 0 saturated carbocycles. The first-order valence-corrected chi connectivity index (χ1v) is 7.26. The summed E-state index contributed by atoms with van der Waals surface area (Å²) in [5, 5.41) is 5.80. The molecule has 1 aliphatic rings. The fraction of sp³-hybridized carbons (Fsp3) is 0.250. The number of amides is 1. The number of carbonyl (C=O) groups is 1. The first kappa shape index (κ1) is 14.0. The molecule has 3 heterocycles. The average molecular weight is 323 g/mol. The Kier molecular flexibility index (Phi) is 3.42. The Labute approximate surface area is 130 Å². The van der Waals surface area contributed by atoms with E-state index in [1.165, 1.54) is 18.1 Å². The molecule has 2 N–H and O–H groups in total. The molecule has 1 amide bonds. The van der Waals surface area contributed by atoms with Crippen LogP contribution in [0, 0.1) is 0 Å². The van der Waals surface area contributed by atoms with Crippen molar-refractivity contribution >= 4 is 46.9 Å². The molecule has 2 aromatic heterocycles. The number of aromatic nitrogens is 4. The molecule has 9 heteroatoms. The molecule has 108 valence electrons. The normalized spacial score (nSPS) is 16.0. The molecule has 0 unspecified atom stereocenters. The Bertz CT molecular complexity index is 723. The van der Waals surface area contributed by atoms with E-state index in [2.05, 4.69) is 30.6 Å². The van der Waals surface area contributed by atoms with E-state index in [0.717, 1.165) is 4.90 Å². The number of thioether (sulfide) groups is 1. The smallest absolute Gasteiger partial charge is 0.241 e. The van der Waals surface area contributed by atoms with Gasteiger partial charge in [0.15, 0.2) is 0 Å². The second-order valence-corrected chi connectivity index (χ2v) is 6.82. The third-order valence-corrected chi connectivity index (χ3v) is 4.21. The van der Waals surface area contributed by atoms with Gasteiger partial charge in [0.05, 0.1) is 9.64 Å². The summed E-state index contributed by atoms with van der Waals surface area (Å²) in [6.07, 6.45) is 1.30. The van der Waals surface area contributed by atoms with Gasteiger partial charge in [-0.1, -0.05) is 0 Å². The highest BCUT2D eigenvalue weighted by Crippen LogP contribution is 2.41. The van der Waals surface area contributed by atoms with Crippen LogP contribution in [0.1, 0.15) is 13.8 Å². The number of carbonyl (C=O) groups excluding carboxylic acids is 1. The van der Waals surface area contributed by atoms with Crippen LogP contribution in [0.2, 0.25) is 5.28 Å². The molecule has 0 atom stereocenters. The highest BCUT2D eigenvalue weighted by Gasteiger charge is 2.35. The summed E-state index contributed by atoms with van der Waals surface area (Å²) >= 11 is 7.17. The minimum Gasteiger partial charge on any atom is -0.309 e. The predicted molar refractivity (Wildman–Crippen MR) is 80.9 cm³/mol. The number of anilines is 3. The van der Waals surface area contributed by atoms with Crippen LogP contribution >= 0.6 is 23.4 Å². The van der Waals surface area contributed by atoms with Crippen LogP contribution in [-0.4, -0.2) is 30.6 Å². The van der Waals surface area contributed by atoms with Crippen molar-refractivity contribution in [2.45, 2.75) is 23.5 Å². The molecule has 0 radical (unpaired) electrons. The first-order chi connectivity index (χ1) is 9.94. The quantitative estimate of drug-likeness (QED) is 0.877. The number of halogens is 1. The van der Waals surface area contributed by atoms with Gasteiger partial charge in [-0.05, 0) is 37.6 Å². The highest BCUT2D eigenvalue weighted by molar-refractivity contribution is 8.01. The molecule has 0 aromatic carbocycles. The van der Waals surface area contributed by atoms with Crippen LogP contribution in [-0.2, 0) is 4.79 Å². The van der Waals surface area contributed by atoms with Crippen LogP contribution in [0.4, 0.5) is 17.6 Å². The zero-order chi connectivity index (χ0) is 15.0. The summed E-state index contributed by atoms with van der Waals surface area (Å²) < 4.78 is -0.509. The molecule has 2 aromatic rings. The fourth-order valence-electron chi connectivity index (χ4n) is 1.72. The van der Waals surface area contributed by atoms with E-state index in [1.54, 1.807) is 6.07 Å². The average Bonchev–Trinajstić information content (AvgIpc) is 2.40. The lowest BCUT2D eigenvalue weighted by molar-refractivity contribution is -0.117. The highest BCUT2D eigenvalue weighted by atomic mass is 35.5. The number of rotatable bonds is 2. The summed E-state index contributed by atoms with van der Waals surface area (Å²) in [5.74, 6) is 1.25. The lowest BCUT2D eigenvalue weighted by Crippen LogP contribution is -2.37. The maximum atomic E-state index is 12.0. The lowest BCUT2D eigenvalue weighted by Gasteiger charge is -2.29. The van der Waals surface area contributed by atoms with Crippen molar-refractivity contribution in [1.82, 2.24) is 19.9 Å². The summed E-state index contributed by atoms with van der Waals surface area (Å²) in [6.45, 7) is 3.74. The fourth-order valence-corrected chi connectivity index (χ4v) is 2.86. The van der Waals surface area contributed by atoms with Gasteiger partial charge in [0, 0.05) is 0 Å². The summed E-state index contributed by atoms with van der Waals surface area (Å²) in [4.78, 5) is 28.8. The molecule has 0 saturated heterocycles. The second-order valence-electron chi connectivity index (χ2n) is 4.81. The number of hydrogen-bond donors (Lipinski definition) is 2. The molecular weight excluding hydrogens is 312 g/mol. The maximum absolute atomic E-state index is 12.0. The van der Waals surface area contributed by atoms with Gasteiger partial charge in [0.2, 0.25) is 17.1 Å². The molecule has 0 fully saturated rings. The Hall–Kier alpha value is -1.93. The van der Waals surface area contributed by atoms with Crippen molar-refractivity contribution in [3.63, 3.8) is 0 Å². The van der Waals surface area contributed by atoms with Crippen LogP contribution in [0.5, 0.6) is 0 Å². The van der Waals surface area contributed by atoms with E-state index in [0.29, 0.717) is 11.6 Å². The van der Waals surface area contributed by atoms with E-state index in [1.807, 2.05) is 19.9 Å². The Morgan fingerprint density at radius 3 is 2.86 bits per heavy atom. The molecule has 3 rings (SSSR count). The van der Waals surface area contributed by atoms with Crippen molar-refractivity contribution < 1.29 is 4.79 Å². The number of pyridine rings is 1. The van der Waals surface area contributed by atoms with Gasteiger partial charge in [-0.2, -0.15) is 4.98 Å². The van der Waals surface area contributed by atoms with Gasteiger partial charge >= 0.3 is 0 Å². The summed E-state index contributed by atoms with van der Waals surface area (Å²) in [6, 6.07) is 3.68. The van der Waals surface area contributed by atoms with E-state index in [-0.39, 0.29) is 17.1 Å². The molecular formula is C12H11ClN6OS. The Morgan fingerprint density at radius 2 is 2.10 bits per heavy atom. The predicted octanol–water partition coefficient (Wildman–Crippen LogP) is 2.49. The van der Waals surface area contributed by atoms with Crippen molar-refractivity contribution in [1.29, 1.82) is 0 Å². The van der Waals surface area contributed by atoms with Gasteiger partial charge in [0.25, 0.3) is 0 Å². The van der Waals surface area contributed by atoms with Gasteiger partial charge in [-0.3, -0.25) is 4.79 Å². The minimum absolute atomic E-state index is 0.0761. The van der Waals surface area contributed by atoms with Crippen LogP contribution < -0.4 is 10.6 Å². The number of nitrogens with zero attached hydrogens (tertiary/aromatic N) is 4. The van der Waals surface area contributed by atoms with Gasteiger partial charge in [-0.15, -0.1) is 11.8 Å². The zero-order valence-electron chi connectivity index (χ0n) is 11.2. The molecule has 21 heavy (non-hydrogen) atoms. The molecule has 1 aliphatic heterocycles. The molecule has 7 nitrogen and oxygen atoms in total. The molecule has 0 spiro atoms. The van der Waals surface area contributed by atoms with Crippen molar-refractivity contribution in [3.05, 3.63) is 23.7 Å². The Morgan fingerprint density at radius 1 is 1.29 bits per heavy atom. The zero-order valence-corrected chi connectivity index (χ0v) is 12.8. The van der Waals surface area contributed by atoms with Crippen molar-refractivity contribution in [2.24, 2.45) is 0 Å². The van der Waals surface area contributed by atoms with E-state index in [9.17, 15) is 4.79 Å².